The molecule has 0 aliphatic carbocycles. The van der Waals surface area contributed by atoms with Gasteiger partial charge in [-0.2, -0.15) is 0 Å². The zero-order chi connectivity index (χ0) is 23.8. The lowest BCUT2D eigenvalue weighted by molar-refractivity contribution is 0.0611. The van der Waals surface area contributed by atoms with Crippen LogP contribution >= 0.6 is 0 Å². The van der Waals surface area contributed by atoms with Gasteiger partial charge < -0.3 is 9.30 Å². The van der Waals surface area contributed by atoms with E-state index in [1.165, 1.54) is 35.6 Å². The monoisotopic (exact) mass is 469 g/mol. The standard InChI is InChI=1S/C25H31N3O4S/c1-25(2,3)24-26-22-15-20(7-10-23(22)28(24)16-18-11-13-32-14-12-18)27(4)33(30,31)21-8-5-19(17-29)6-9-21/h5-10,15,17-18H,11-14,16H2,1-4H3. The highest BCUT2D eigenvalue weighted by atomic mass is 32.2. The highest BCUT2D eigenvalue weighted by molar-refractivity contribution is 7.92. The van der Waals surface area contributed by atoms with Crippen molar-refractivity contribution in [3.63, 3.8) is 0 Å². The third-order valence-corrected chi connectivity index (χ3v) is 8.02. The van der Waals surface area contributed by atoms with E-state index in [0.29, 0.717) is 23.5 Å². The molecule has 4 rings (SSSR count). The zero-order valence-electron chi connectivity index (χ0n) is 19.6. The SMILES string of the molecule is CN(c1ccc2c(c1)nc(C(C)(C)C)n2CC1CCOCC1)S(=O)(=O)c1ccc(C=O)cc1. The topological polar surface area (TPSA) is 81.5 Å². The fourth-order valence-electron chi connectivity index (χ4n) is 4.27. The molecule has 176 valence electrons. The van der Waals surface area contributed by atoms with Gasteiger partial charge >= 0.3 is 0 Å². The maximum atomic E-state index is 13.2. The zero-order valence-corrected chi connectivity index (χ0v) is 20.4. The van der Waals surface area contributed by atoms with E-state index in [0.717, 1.165) is 49.5 Å². The van der Waals surface area contributed by atoms with Crippen LogP contribution in [0.2, 0.25) is 0 Å². The molecular formula is C25H31N3O4S. The van der Waals surface area contributed by atoms with E-state index in [1.54, 1.807) is 0 Å². The van der Waals surface area contributed by atoms with Gasteiger partial charge in [0.25, 0.3) is 10.0 Å². The van der Waals surface area contributed by atoms with Crippen molar-refractivity contribution in [2.24, 2.45) is 5.92 Å². The number of aromatic nitrogens is 2. The number of hydrogen-bond acceptors (Lipinski definition) is 5. The van der Waals surface area contributed by atoms with Gasteiger partial charge in [0.05, 0.1) is 21.6 Å². The summed E-state index contributed by atoms with van der Waals surface area (Å²) >= 11 is 0. The van der Waals surface area contributed by atoms with Crippen molar-refractivity contribution < 1.29 is 17.9 Å². The number of ether oxygens (including phenoxy) is 1. The van der Waals surface area contributed by atoms with Crippen molar-refractivity contribution in [3.05, 3.63) is 53.9 Å². The summed E-state index contributed by atoms with van der Waals surface area (Å²) in [6, 6.07) is 11.5. The van der Waals surface area contributed by atoms with Crippen molar-refractivity contribution >= 4 is 33.0 Å². The third-order valence-electron chi connectivity index (χ3n) is 6.22. The molecule has 2 heterocycles. The quantitative estimate of drug-likeness (QED) is 0.500. The Balaban J connectivity index is 1.71. The van der Waals surface area contributed by atoms with Crippen LogP contribution in [0.25, 0.3) is 11.0 Å². The molecule has 0 saturated carbocycles. The number of aldehydes is 1. The van der Waals surface area contributed by atoms with Crippen LogP contribution in [0.15, 0.2) is 47.4 Å². The second-order valence-corrected chi connectivity index (χ2v) is 11.7. The Morgan fingerprint density at radius 1 is 1.12 bits per heavy atom. The minimum Gasteiger partial charge on any atom is -0.381 e. The molecule has 8 heteroatoms. The average Bonchev–Trinajstić information content (AvgIpc) is 3.17. The summed E-state index contributed by atoms with van der Waals surface area (Å²) in [6.45, 7) is 8.91. The first-order valence-corrected chi connectivity index (χ1v) is 12.7. The lowest BCUT2D eigenvalue weighted by atomic mass is 9.94. The summed E-state index contributed by atoms with van der Waals surface area (Å²) in [4.78, 5) is 16.0. The predicted molar refractivity (Wildman–Crippen MR) is 129 cm³/mol. The third kappa shape index (κ3) is 4.68. The van der Waals surface area contributed by atoms with E-state index in [2.05, 4.69) is 25.3 Å². The lowest BCUT2D eigenvalue weighted by Gasteiger charge is -2.26. The number of benzene rings is 2. The number of hydrogen-bond donors (Lipinski definition) is 0. The van der Waals surface area contributed by atoms with Crippen molar-refractivity contribution in [1.82, 2.24) is 9.55 Å². The minimum absolute atomic E-state index is 0.135. The molecule has 33 heavy (non-hydrogen) atoms. The molecule has 1 aromatic heterocycles. The van der Waals surface area contributed by atoms with E-state index in [4.69, 9.17) is 9.72 Å². The molecular weight excluding hydrogens is 438 g/mol. The summed E-state index contributed by atoms with van der Waals surface area (Å²) in [5, 5.41) is 0. The summed E-state index contributed by atoms with van der Waals surface area (Å²) in [6.07, 6.45) is 2.76. The highest BCUT2D eigenvalue weighted by Crippen LogP contribution is 2.32. The Morgan fingerprint density at radius 3 is 2.39 bits per heavy atom. The van der Waals surface area contributed by atoms with Crippen LogP contribution in [-0.2, 0) is 26.7 Å². The molecule has 0 bridgehead atoms. The molecule has 1 aliphatic rings. The second-order valence-electron chi connectivity index (χ2n) is 9.68. The first-order valence-electron chi connectivity index (χ1n) is 11.2. The van der Waals surface area contributed by atoms with Gasteiger partial charge in [-0.15, -0.1) is 0 Å². The number of anilines is 1. The number of nitrogens with zero attached hydrogens (tertiary/aromatic N) is 3. The fraction of sp³-hybridized carbons (Fsp3) is 0.440. The average molecular weight is 470 g/mol. The number of carbonyl (C=O) groups excluding carboxylic acids is 1. The largest absolute Gasteiger partial charge is 0.381 e. The van der Waals surface area contributed by atoms with E-state index >= 15 is 0 Å². The molecule has 0 amide bonds. The summed E-state index contributed by atoms with van der Waals surface area (Å²) in [5.41, 5.74) is 2.61. The number of carbonyl (C=O) groups is 1. The molecule has 0 N–H and O–H groups in total. The fourth-order valence-corrected chi connectivity index (χ4v) is 5.46. The summed E-state index contributed by atoms with van der Waals surface area (Å²) in [7, 11) is -2.24. The molecule has 0 spiro atoms. The van der Waals surface area contributed by atoms with Crippen molar-refractivity contribution in [1.29, 1.82) is 0 Å². The molecule has 0 unspecified atom stereocenters. The van der Waals surface area contributed by atoms with Crippen LogP contribution in [0, 0.1) is 5.92 Å². The molecule has 0 atom stereocenters. The summed E-state index contributed by atoms with van der Waals surface area (Å²) < 4.78 is 35.4. The Hall–Kier alpha value is -2.71. The van der Waals surface area contributed by atoms with Gasteiger partial charge in [0.2, 0.25) is 0 Å². The van der Waals surface area contributed by atoms with Crippen LogP contribution < -0.4 is 4.31 Å². The molecule has 7 nitrogen and oxygen atoms in total. The lowest BCUT2D eigenvalue weighted by Crippen LogP contribution is -2.26. The smallest absolute Gasteiger partial charge is 0.264 e. The van der Waals surface area contributed by atoms with Crippen LogP contribution in [-0.4, -0.2) is 44.5 Å². The first-order chi connectivity index (χ1) is 15.6. The maximum Gasteiger partial charge on any atom is 0.264 e. The van der Waals surface area contributed by atoms with Gasteiger partial charge in [-0.25, -0.2) is 13.4 Å². The first kappa shape index (κ1) is 23.4. The van der Waals surface area contributed by atoms with Crippen LogP contribution in [0.4, 0.5) is 5.69 Å². The molecule has 2 aromatic carbocycles. The van der Waals surface area contributed by atoms with Crippen molar-refractivity contribution in [2.75, 3.05) is 24.6 Å². The van der Waals surface area contributed by atoms with Gasteiger partial charge in [0, 0.05) is 37.8 Å². The molecule has 1 fully saturated rings. The van der Waals surface area contributed by atoms with Gasteiger partial charge in [0.1, 0.15) is 12.1 Å². The van der Waals surface area contributed by atoms with Gasteiger partial charge in [-0.05, 0) is 49.1 Å². The number of fused-ring (bicyclic) bond motifs is 1. The second kappa shape index (κ2) is 8.91. The van der Waals surface area contributed by atoms with Gasteiger partial charge in [0.15, 0.2) is 0 Å². The van der Waals surface area contributed by atoms with Gasteiger partial charge in [-0.3, -0.25) is 9.10 Å². The van der Waals surface area contributed by atoms with Gasteiger partial charge in [-0.1, -0.05) is 32.9 Å². The minimum atomic E-state index is -3.77. The molecule has 1 aliphatic heterocycles. The maximum absolute atomic E-state index is 13.2. The summed E-state index contributed by atoms with van der Waals surface area (Å²) in [5.74, 6) is 1.53. The molecule has 0 radical (unpaired) electrons. The Morgan fingerprint density at radius 2 is 1.79 bits per heavy atom. The normalized spacial score (nSPS) is 15.6. The van der Waals surface area contributed by atoms with Crippen LogP contribution in [0.1, 0.15) is 49.8 Å². The number of sulfonamides is 1. The number of rotatable bonds is 6. The molecule has 1 saturated heterocycles. The Labute approximate surface area is 195 Å². The Bertz CT molecular complexity index is 1250. The predicted octanol–water partition coefficient (Wildman–Crippen LogP) is 4.40. The Kier molecular flexibility index (Phi) is 6.33. The van der Waals surface area contributed by atoms with Crippen LogP contribution in [0.5, 0.6) is 0 Å². The molecule has 3 aromatic rings. The van der Waals surface area contributed by atoms with E-state index < -0.39 is 10.0 Å². The van der Waals surface area contributed by atoms with E-state index in [9.17, 15) is 13.2 Å². The van der Waals surface area contributed by atoms with Crippen molar-refractivity contribution in [2.45, 2.75) is 50.5 Å². The van der Waals surface area contributed by atoms with Crippen LogP contribution in [0.3, 0.4) is 0 Å². The van der Waals surface area contributed by atoms with E-state index in [1.807, 2.05) is 18.2 Å². The highest BCUT2D eigenvalue weighted by Gasteiger charge is 2.27. The number of imidazole rings is 1. The van der Waals surface area contributed by atoms with E-state index in [-0.39, 0.29) is 10.3 Å². The van der Waals surface area contributed by atoms with Crippen molar-refractivity contribution in [3.8, 4) is 0 Å².